The van der Waals surface area contributed by atoms with E-state index in [0.717, 1.165) is 25.8 Å². The molecule has 12 heteroatoms. The van der Waals surface area contributed by atoms with Gasteiger partial charge in [-0.1, -0.05) is 12.1 Å². The number of carbonyl (C=O) groups is 2. The molecule has 3 aliphatic carbocycles. The Kier molecular flexibility index (Phi) is 7.34. The lowest BCUT2D eigenvalue weighted by Crippen LogP contribution is -2.81. The molecule has 1 aliphatic heterocycles. The number of urea groups is 1. The molecule has 11 nitrogen and oxygen atoms in total. The van der Waals surface area contributed by atoms with Crippen molar-refractivity contribution in [2.45, 2.75) is 56.3 Å². The summed E-state index contributed by atoms with van der Waals surface area (Å²) in [4.78, 5) is 47.4. The van der Waals surface area contributed by atoms with E-state index in [1.165, 1.54) is 10.1 Å². The van der Waals surface area contributed by atoms with Crippen LogP contribution in [0, 0.1) is 0 Å². The number of piperazine rings is 1. The second kappa shape index (κ2) is 9.96. The maximum Gasteiger partial charge on any atom is 0.354 e. The fourth-order valence-electron chi connectivity index (χ4n) is 5.80. The van der Waals surface area contributed by atoms with Crippen molar-refractivity contribution in [3.63, 3.8) is 0 Å². The maximum absolute atomic E-state index is 12.7. The predicted molar refractivity (Wildman–Crippen MR) is 147 cm³/mol. The molecule has 38 heavy (non-hydrogen) atoms. The van der Waals surface area contributed by atoms with Gasteiger partial charge in [-0.25, -0.2) is 9.59 Å². The Morgan fingerprint density at radius 3 is 2.16 bits per heavy atom. The number of nitrogens with one attached hydrogen (secondary N) is 1. The summed E-state index contributed by atoms with van der Waals surface area (Å²) in [5.41, 5.74) is 12.9. The number of carbonyl (C=O) groups excluding carboxylic acids is 2. The Morgan fingerprint density at radius 1 is 1.05 bits per heavy atom. The molecule has 2 heterocycles. The molecule has 0 spiro atoms. The summed E-state index contributed by atoms with van der Waals surface area (Å²) in [6, 6.07) is 9.09. The first-order valence-corrected chi connectivity index (χ1v) is 12.7. The van der Waals surface area contributed by atoms with Gasteiger partial charge in [-0.2, -0.15) is 4.98 Å². The summed E-state index contributed by atoms with van der Waals surface area (Å²) >= 11 is 0. The van der Waals surface area contributed by atoms with Crippen LogP contribution in [0.15, 0.2) is 41.3 Å². The van der Waals surface area contributed by atoms with E-state index in [1.54, 1.807) is 35.9 Å². The molecule has 0 radical (unpaired) electrons. The van der Waals surface area contributed by atoms with Crippen LogP contribution >= 0.6 is 12.4 Å². The van der Waals surface area contributed by atoms with Crippen LogP contribution in [0.1, 0.15) is 38.7 Å². The second-order valence-electron chi connectivity index (χ2n) is 11.5. The summed E-state index contributed by atoms with van der Waals surface area (Å²) in [6.45, 7) is 5.74. The first-order valence-electron chi connectivity index (χ1n) is 12.7. The van der Waals surface area contributed by atoms with Crippen LogP contribution in [0.3, 0.4) is 0 Å². The lowest BCUT2D eigenvalue weighted by Gasteiger charge is -2.72. The highest BCUT2D eigenvalue weighted by atomic mass is 35.5. The summed E-state index contributed by atoms with van der Waals surface area (Å²) in [7, 11) is 2.15. The predicted octanol–water partition coefficient (Wildman–Crippen LogP) is 1.13. The van der Waals surface area contributed by atoms with Crippen LogP contribution in [-0.2, 0) is 11.3 Å². The smallest absolute Gasteiger partial charge is 0.338 e. The Hall–Kier alpha value is -2.99. The number of nitrogens with two attached hydrogens (primary N) is 2. The van der Waals surface area contributed by atoms with Gasteiger partial charge in [0.1, 0.15) is 5.82 Å². The zero-order valence-corrected chi connectivity index (χ0v) is 23.0. The second-order valence-corrected chi connectivity index (χ2v) is 11.5. The van der Waals surface area contributed by atoms with E-state index >= 15 is 0 Å². The van der Waals surface area contributed by atoms with E-state index in [1.807, 2.05) is 24.3 Å². The number of rotatable bonds is 6. The topological polar surface area (TPSA) is 143 Å². The number of hydrogen-bond donors (Lipinski definition) is 3. The highest BCUT2D eigenvalue weighted by Crippen LogP contribution is 2.61. The Labute approximate surface area is 228 Å². The molecule has 5 N–H and O–H groups in total. The standard InChI is InChI=1S/C26H36N8O3.ClH/c1-24(2,27)21(35)32-10-12-33(13-11-32)22(36)29-20-8-9-34(23(37)30-20)19-6-4-18(5-7-19)14-31(3)26-15-25(28,16-26)17-26;/h4-9H,10-17,27-28H2,1-3H3,(H,29,30,36,37);1H. The van der Waals surface area contributed by atoms with Crippen molar-refractivity contribution >= 4 is 30.2 Å². The average molecular weight is 545 g/mol. The number of nitrogens with zero attached hydrogens (tertiary/aromatic N) is 5. The molecule has 1 saturated heterocycles. The largest absolute Gasteiger partial charge is 0.354 e. The molecule has 206 valence electrons. The first-order chi connectivity index (χ1) is 17.4. The summed E-state index contributed by atoms with van der Waals surface area (Å²) in [5.74, 6) is 0.0410. The van der Waals surface area contributed by atoms with Crippen LogP contribution in [0.5, 0.6) is 0 Å². The minimum atomic E-state index is -0.945. The van der Waals surface area contributed by atoms with Gasteiger partial charge in [-0.3, -0.25) is 19.6 Å². The highest BCUT2D eigenvalue weighted by molar-refractivity contribution is 5.89. The Bertz CT molecular complexity index is 1240. The van der Waals surface area contributed by atoms with Crippen molar-refractivity contribution in [3.05, 3.63) is 52.6 Å². The van der Waals surface area contributed by atoms with Crippen LogP contribution in [0.2, 0.25) is 0 Å². The van der Waals surface area contributed by atoms with Gasteiger partial charge in [0, 0.05) is 50.0 Å². The summed E-state index contributed by atoms with van der Waals surface area (Å²) in [5, 5.41) is 2.69. The third kappa shape index (κ3) is 5.28. The maximum atomic E-state index is 12.7. The average Bonchev–Trinajstić information content (AvgIpc) is 2.81. The normalized spacial score (nSPS) is 24.3. The van der Waals surface area contributed by atoms with Crippen molar-refractivity contribution in [3.8, 4) is 5.69 Å². The van der Waals surface area contributed by atoms with E-state index < -0.39 is 11.2 Å². The Balaban J connectivity index is 0.00000336. The van der Waals surface area contributed by atoms with Gasteiger partial charge in [0.15, 0.2) is 0 Å². The molecule has 2 aromatic rings. The third-order valence-electron chi connectivity index (χ3n) is 7.93. The molecule has 0 atom stereocenters. The van der Waals surface area contributed by atoms with E-state index in [-0.39, 0.29) is 41.2 Å². The zero-order valence-electron chi connectivity index (χ0n) is 22.1. The molecule has 1 aromatic heterocycles. The van der Waals surface area contributed by atoms with E-state index in [4.69, 9.17) is 11.5 Å². The fourth-order valence-corrected chi connectivity index (χ4v) is 5.80. The fraction of sp³-hybridized carbons (Fsp3) is 0.538. The lowest BCUT2D eigenvalue weighted by molar-refractivity contribution is -0.155. The van der Waals surface area contributed by atoms with E-state index in [9.17, 15) is 14.4 Å². The molecule has 6 rings (SSSR count). The molecular formula is C26H37ClN8O3. The van der Waals surface area contributed by atoms with E-state index in [0.29, 0.717) is 31.9 Å². The molecule has 3 amide bonds. The van der Waals surface area contributed by atoms with Gasteiger partial charge in [0.2, 0.25) is 5.91 Å². The van der Waals surface area contributed by atoms with Gasteiger partial charge < -0.3 is 21.3 Å². The number of aromatic nitrogens is 2. The minimum Gasteiger partial charge on any atom is -0.338 e. The molecular weight excluding hydrogens is 508 g/mol. The monoisotopic (exact) mass is 544 g/mol. The van der Waals surface area contributed by atoms with Crippen LogP contribution < -0.4 is 22.5 Å². The number of amides is 3. The first kappa shape index (κ1) is 28.0. The molecule has 0 unspecified atom stereocenters. The quantitative estimate of drug-likeness (QED) is 0.494. The van der Waals surface area contributed by atoms with Crippen molar-refractivity contribution in [2.75, 3.05) is 38.5 Å². The number of halogens is 1. The molecule has 3 saturated carbocycles. The lowest BCUT2D eigenvalue weighted by atomic mass is 9.44. The number of hydrogen-bond acceptors (Lipinski definition) is 7. The highest BCUT2D eigenvalue weighted by Gasteiger charge is 2.67. The zero-order chi connectivity index (χ0) is 26.6. The summed E-state index contributed by atoms with van der Waals surface area (Å²) in [6.07, 6.45) is 4.82. The van der Waals surface area contributed by atoms with Gasteiger partial charge in [-0.05, 0) is 63.9 Å². The van der Waals surface area contributed by atoms with Crippen LogP contribution in [-0.4, -0.2) is 86.0 Å². The van der Waals surface area contributed by atoms with E-state index in [2.05, 4.69) is 22.2 Å². The number of benzene rings is 1. The van der Waals surface area contributed by atoms with Crippen molar-refractivity contribution < 1.29 is 9.59 Å². The molecule has 4 fully saturated rings. The van der Waals surface area contributed by atoms with Gasteiger partial charge in [-0.15, -0.1) is 12.4 Å². The SMILES string of the molecule is CN(Cc1ccc(-n2ccc(NC(=O)N3CCN(C(=O)C(C)(C)N)CC3)nc2=O)cc1)C12CC(N)(C1)C2.Cl. The minimum absolute atomic E-state index is 0. The van der Waals surface area contributed by atoms with Gasteiger partial charge in [0.05, 0.1) is 11.2 Å². The summed E-state index contributed by atoms with van der Waals surface area (Å²) < 4.78 is 1.45. The molecule has 4 aliphatic rings. The van der Waals surface area contributed by atoms with Crippen LogP contribution in [0.25, 0.3) is 5.69 Å². The van der Waals surface area contributed by atoms with Crippen molar-refractivity contribution in [1.82, 2.24) is 24.3 Å². The Morgan fingerprint density at radius 2 is 1.63 bits per heavy atom. The molecule has 1 aromatic carbocycles. The molecule has 2 bridgehead atoms. The van der Waals surface area contributed by atoms with Crippen molar-refractivity contribution in [2.24, 2.45) is 11.5 Å². The third-order valence-corrected chi connectivity index (χ3v) is 7.93. The number of anilines is 1. The van der Waals surface area contributed by atoms with Gasteiger partial charge >= 0.3 is 11.7 Å². The van der Waals surface area contributed by atoms with Crippen molar-refractivity contribution in [1.29, 1.82) is 0 Å². The van der Waals surface area contributed by atoms with Crippen LogP contribution in [0.4, 0.5) is 10.6 Å². The van der Waals surface area contributed by atoms with Gasteiger partial charge in [0.25, 0.3) is 0 Å².